The maximum absolute atomic E-state index is 14.1. The molecule has 0 amide bonds. The zero-order chi connectivity index (χ0) is 25.1. The molecule has 1 heterocycles. The molecule has 0 aromatic heterocycles. The first-order valence-electron chi connectivity index (χ1n) is 11.3. The minimum atomic E-state index is -0.677. The Labute approximate surface area is 212 Å². The Hall–Kier alpha value is -2.97. The first-order chi connectivity index (χ1) is 16.8. The third kappa shape index (κ3) is 5.04. The van der Waals surface area contributed by atoms with E-state index in [0.29, 0.717) is 28.8 Å². The summed E-state index contributed by atoms with van der Waals surface area (Å²) in [4.78, 5) is 26.8. The summed E-state index contributed by atoms with van der Waals surface area (Å²) in [6.07, 6.45) is 0.842. The lowest BCUT2D eigenvalue weighted by Gasteiger charge is -2.37. The van der Waals surface area contributed by atoms with Crippen LogP contribution < -0.4 is 10.1 Å². The van der Waals surface area contributed by atoms with E-state index >= 15 is 0 Å². The number of para-hydroxylation sites is 1. The minimum Gasteiger partial charge on any atom is -0.496 e. The molecule has 2 aromatic carbocycles. The van der Waals surface area contributed by atoms with Gasteiger partial charge >= 0.3 is 5.97 Å². The molecular weight excluding hydrogens is 517 g/mol. The molecule has 0 bridgehead atoms. The lowest BCUT2D eigenvalue weighted by Crippen LogP contribution is -2.36. The highest BCUT2D eigenvalue weighted by Crippen LogP contribution is 2.47. The second kappa shape index (κ2) is 10.7. The monoisotopic (exact) mass is 543 g/mol. The van der Waals surface area contributed by atoms with Crippen LogP contribution >= 0.6 is 15.9 Å². The Bertz CT molecular complexity index is 1220. The average Bonchev–Trinajstić information content (AvgIpc) is 2.84. The average molecular weight is 544 g/mol. The molecule has 184 valence electrons. The summed E-state index contributed by atoms with van der Waals surface area (Å²) in [5, 5.41) is 3.31. The van der Waals surface area contributed by atoms with Crippen molar-refractivity contribution in [2.75, 3.05) is 27.4 Å². The zero-order valence-corrected chi connectivity index (χ0v) is 21.4. The Balaban J connectivity index is 1.78. The molecule has 0 spiro atoms. The molecule has 1 aliphatic heterocycles. The number of hydrogen-bond donors (Lipinski definition) is 1. The third-order valence-corrected chi connectivity index (χ3v) is 7.03. The maximum atomic E-state index is 14.1. The molecule has 0 unspecified atom stereocenters. The molecule has 2 aliphatic rings. The van der Waals surface area contributed by atoms with Crippen molar-refractivity contribution in [2.24, 2.45) is 0 Å². The molecule has 0 saturated carbocycles. The fraction of sp³-hybridized carbons (Fsp3) is 0.333. The molecule has 35 heavy (non-hydrogen) atoms. The van der Waals surface area contributed by atoms with Gasteiger partial charge in [0.2, 0.25) is 0 Å². The normalized spacial score (nSPS) is 19.9. The Morgan fingerprint density at radius 2 is 1.91 bits per heavy atom. The first-order valence-corrected chi connectivity index (χ1v) is 12.1. The van der Waals surface area contributed by atoms with Gasteiger partial charge in [-0.1, -0.05) is 24.3 Å². The predicted molar refractivity (Wildman–Crippen MR) is 133 cm³/mol. The number of ketones is 1. The van der Waals surface area contributed by atoms with Gasteiger partial charge < -0.3 is 19.5 Å². The molecule has 8 heteroatoms. The second-order valence-electron chi connectivity index (χ2n) is 8.56. The number of Topliss-reactive ketones (excluding diaryl/α,β-unsaturated/α-hetero) is 1. The van der Waals surface area contributed by atoms with Gasteiger partial charge in [-0.25, -0.2) is 9.18 Å². The van der Waals surface area contributed by atoms with E-state index in [-0.39, 0.29) is 35.8 Å². The number of halogens is 2. The highest BCUT2D eigenvalue weighted by Gasteiger charge is 2.42. The van der Waals surface area contributed by atoms with Gasteiger partial charge in [-0.05, 0) is 58.6 Å². The van der Waals surface area contributed by atoms with Crippen molar-refractivity contribution in [3.05, 3.63) is 86.4 Å². The van der Waals surface area contributed by atoms with E-state index in [1.54, 1.807) is 26.2 Å². The number of allylic oxidation sites excluding steroid dienone is 3. The van der Waals surface area contributed by atoms with Crippen LogP contribution in [0.2, 0.25) is 0 Å². The summed E-state index contributed by atoms with van der Waals surface area (Å²) in [5.74, 6) is -1.05. The number of carbonyl (C=O) groups excluding carboxylic acids is 2. The van der Waals surface area contributed by atoms with E-state index in [9.17, 15) is 14.0 Å². The van der Waals surface area contributed by atoms with Crippen molar-refractivity contribution in [2.45, 2.75) is 31.6 Å². The number of hydrogen-bond acceptors (Lipinski definition) is 6. The van der Waals surface area contributed by atoms with Crippen LogP contribution in [0.1, 0.15) is 42.7 Å². The quantitative estimate of drug-likeness (QED) is 0.384. The number of rotatable bonds is 7. The number of esters is 1. The molecular formula is C27H27BrFNO5. The topological polar surface area (TPSA) is 73.9 Å². The summed E-state index contributed by atoms with van der Waals surface area (Å²) < 4.78 is 30.3. The highest BCUT2D eigenvalue weighted by atomic mass is 79.9. The second-order valence-corrected chi connectivity index (χ2v) is 9.42. The van der Waals surface area contributed by atoms with E-state index < -0.39 is 17.7 Å². The number of carbonyl (C=O) groups is 2. The van der Waals surface area contributed by atoms with Gasteiger partial charge in [0.05, 0.1) is 23.8 Å². The Kier molecular flexibility index (Phi) is 7.72. The lowest BCUT2D eigenvalue weighted by molar-refractivity contribution is -0.140. The predicted octanol–water partition coefficient (Wildman–Crippen LogP) is 5.15. The van der Waals surface area contributed by atoms with E-state index in [1.807, 2.05) is 24.3 Å². The van der Waals surface area contributed by atoms with Gasteiger partial charge in [0.25, 0.3) is 0 Å². The van der Waals surface area contributed by atoms with E-state index in [4.69, 9.17) is 14.2 Å². The molecule has 0 radical (unpaired) electrons. The van der Waals surface area contributed by atoms with Crippen LogP contribution in [0.5, 0.6) is 5.75 Å². The number of benzene rings is 2. The highest BCUT2D eigenvalue weighted by molar-refractivity contribution is 9.10. The summed E-state index contributed by atoms with van der Waals surface area (Å²) in [6.45, 7) is 2.13. The number of nitrogens with one attached hydrogen (secondary N) is 1. The summed E-state index contributed by atoms with van der Waals surface area (Å²) in [5.41, 5.74) is 3.80. The number of dihydropyridines is 1. The Morgan fingerprint density at radius 1 is 1.14 bits per heavy atom. The van der Waals surface area contributed by atoms with Crippen LogP contribution in [0, 0.1) is 5.82 Å². The fourth-order valence-electron chi connectivity index (χ4n) is 4.85. The van der Waals surface area contributed by atoms with E-state index in [1.165, 1.54) is 13.2 Å². The molecule has 4 rings (SSSR count). The van der Waals surface area contributed by atoms with Gasteiger partial charge in [0.15, 0.2) is 5.78 Å². The number of methoxy groups -OCH3 is 2. The van der Waals surface area contributed by atoms with Crippen molar-refractivity contribution in [3.8, 4) is 5.75 Å². The molecule has 2 aromatic rings. The van der Waals surface area contributed by atoms with E-state index in [0.717, 1.165) is 17.0 Å². The summed E-state index contributed by atoms with van der Waals surface area (Å²) in [7, 11) is 3.14. The van der Waals surface area contributed by atoms with Gasteiger partial charge in [-0.3, -0.25) is 4.79 Å². The number of ether oxygens (including phenoxy) is 3. The maximum Gasteiger partial charge on any atom is 0.336 e. The van der Waals surface area contributed by atoms with Crippen LogP contribution in [-0.2, 0) is 19.1 Å². The molecule has 6 nitrogen and oxygen atoms in total. The van der Waals surface area contributed by atoms with Gasteiger partial charge in [0, 0.05) is 42.3 Å². The fourth-order valence-corrected chi connectivity index (χ4v) is 5.25. The first kappa shape index (κ1) is 25.1. The van der Waals surface area contributed by atoms with E-state index in [2.05, 4.69) is 21.2 Å². The van der Waals surface area contributed by atoms with Gasteiger partial charge in [-0.15, -0.1) is 0 Å². The molecule has 0 fully saturated rings. The molecule has 0 saturated heterocycles. The van der Waals surface area contributed by atoms with Crippen LogP contribution in [0.15, 0.2) is 69.5 Å². The van der Waals surface area contributed by atoms with Crippen LogP contribution in [-0.4, -0.2) is 39.2 Å². The van der Waals surface area contributed by atoms with Crippen molar-refractivity contribution >= 4 is 27.7 Å². The molecule has 1 N–H and O–H groups in total. The van der Waals surface area contributed by atoms with Crippen molar-refractivity contribution in [1.29, 1.82) is 0 Å². The molecule has 2 atom stereocenters. The summed E-state index contributed by atoms with van der Waals surface area (Å²) in [6, 6.07) is 12.2. The Morgan fingerprint density at radius 3 is 2.63 bits per heavy atom. The third-order valence-electron chi connectivity index (χ3n) is 6.42. The van der Waals surface area contributed by atoms with Crippen molar-refractivity contribution in [1.82, 2.24) is 5.32 Å². The van der Waals surface area contributed by atoms with Crippen LogP contribution in [0.3, 0.4) is 0 Å². The van der Waals surface area contributed by atoms with Crippen LogP contribution in [0.4, 0.5) is 4.39 Å². The van der Waals surface area contributed by atoms with Gasteiger partial charge in [0.1, 0.15) is 18.2 Å². The SMILES string of the molecule is COCCOC(=O)C1=C(C)NC2=C(C(=O)C[C@H](c3ccccc3OC)C2)[C@@H]1c1ccc(F)c(Br)c1. The summed E-state index contributed by atoms with van der Waals surface area (Å²) >= 11 is 3.24. The van der Waals surface area contributed by atoms with Crippen molar-refractivity contribution < 1.29 is 28.2 Å². The molecule has 1 aliphatic carbocycles. The van der Waals surface area contributed by atoms with Crippen molar-refractivity contribution in [3.63, 3.8) is 0 Å². The minimum absolute atomic E-state index is 0.0743. The van der Waals surface area contributed by atoms with Gasteiger partial charge in [-0.2, -0.15) is 0 Å². The zero-order valence-electron chi connectivity index (χ0n) is 19.8. The lowest BCUT2D eigenvalue weighted by atomic mass is 9.71. The smallest absolute Gasteiger partial charge is 0.336 e. The van der Waals surface area contributed by atoms with Crippen LogP contribution in [0.25, 0.3) is 0 Å². The standard InChI is InChI=1S/C27H27BrFNO5/c1-15-24(27(32)35-11-10-33-2)25(16-8-9-20(29)19(28)12-16)26-21(30-15)13-17(14-22(26)31)18-6-4-5-7-23(18)34-3/h4-9,12,17,25,30H,10-11,13-14H2,1-3H3/t17-,25-/m1/s1. The largest absolute Gasteiger partial charge is 0.496 e.